The van der Waals surface area contributed by atoms with Gasteiger partial charge in [0, 0.05) is 19.0 Å². The second kappa shape index (κ2) is 4.31. The average Bonchev–Trinajstić information content (AvgIpc) is 2.09. The highest BCUT2D eigenvalue weighted by molar-refractivity contribution is 5.25. The van der Waals surface area contributed by atoms with Crippen LogP contribution in [0.25, 0.3) is 0 Å². The molecule has 1 heterocycles. The molecule has 0 saturated carbocycles. The summed E-state index contributed by atoms with van der Waals surface area (Å²) in [4.78, 5) is 10.6. The van der Waals surface area contributed by atoms with Gasteiger partial charge < -0.3 is 5.73 Å². The van der Waals surface area contributed by atoms with Crippen LogP contribution in [-0.2, 0) is 0 Å². The highest BCUT2D eigenvalue weighted by Crippen LogP contribution is 1.83. The molecule has 3 N–H and O–H groups in total. The van der Waals surface area contributed by atoms with Crippen LogP contribution in [0, 0.1) is 11.8 Å². The van der Waals surface area contributed by atoms with E-state index in [2.05, 4.69) is 22.0 Å². The third kappa shape index (κ3) is 2.56. The summed E-state index contributed by atoms with van der Waals surface area (Å²) in [6.45, 7) is 0.538. The van der Waals surface area contributed by atoms with Crippen LogP contribution in [0.4, 0.5) is 0 Å². The molecule has 0 spiro atoms. The molecule has 4 heteroatoms. The Labute approximate surface area is 69.8 Å². The van der Waals surface area contributed by atoms with Crippen LogP contribution in [-0.4, -0.2) is 16.7 Å². The summed E-state index contributed by atoms with van der Waals surface area (Å²) in [6, 6.07) is 2.96. The summed E-state index contributed by atoms with van der Waals surface area (Å²) in [5, 5.41) is 5.99. The van der Waals surface area contributed by atoms with Crippen molar-refractivity contribution in [3.63, 3.8) is 0 Å². The molecule has 62 valence electrons. The second-order valence-corrected chi connectivity index (χ2v) is 2.15. The highest BCUT2D eigenvalue weighted by Gasteiger charge is 1.85. The van der Waals surface area contributed by atoms with Gasteiger partial charge in [0.05, 0.1) is 0 Å². The first-order chi connectivity index (χ1) is 5.83. The zero-order valence-corrected chi connectivity index (χ0v) is 6.50. The van der Waals surface area contributed by atoms with Crippen molar-refractivity contribution in [1.82, 2.24) is 10.2 Å². The zero-order chi connectivity index (χ0) is 8.81. The van der Waals surface area contributed by atoms with Gasteiger partial charge in [0.15, 0.2) is 0 Å². The van der Waals surface area contributed by atoms with E-state index in [1.165, 1.54) is 6.07 Å². The Morgan fingerprint density at radius 3 is 3.00 bits per heavy atom. The van der Waals surface area contributed by atoms with E-state index in [-0.39, 0.29) is 5.56 Å². The maximum Gasteiger partial charge on any atom is 0.264 e. The van der Waals surface area contributed by atoms with Crippen molar-refractivity contribution in [3.05, 3.63) is 28.2 Å². The quantitative estimate of drug-likeness (QED) is 0.547. The fourth-order valence-electron chi connectivity index (χ4n) is 0.639. The topological polar surface area (TPSA) is 71.8 Å². The molecule has 0 atom stereocenters. The first-order valence-electron chi connectivity index (χ1n) is 3.57. The van der Waals surface area contributed by atoms with Gasteiger partial charge in [0.1, 0.15) is 5.69 Å². The van der Waals surface area contributed by atoms with Gasteiger partial charge in [0.2, 0.25) is 0 Å². The smallest absolute Gasteiger partial charge is 0.264 e. The number of H-pyrrole nitrogens is 1. The molecule has 1 aromatic heterocycles. The van der Waals surface area contributed by atoms with E-state index < -0.39 is 0 Å². The molecule has 1 rings (SSSR count). The van der Waals surface area contributed by atoms with Gasteiger partial charge in [-0.3, -0.25) is 4.79 Å². The van der Waals surface area contributed by atoms with Crippen molar-refractivity contribution in [3.8, 4) is 11.8 Å². The molecular formula is C8H9N3O. The first-order valence-corrected chi connectivity index (χ1v) is 3.57. The lowest BCUT2D eigenvalue weighted by atomic mass is 10.3. The van der Waals surface area contributed by atoms with Crippen molar-refractivity contribution in [2.45, 2.75) is 6.42 Å². The fourth-order valence-corrected chi connectivity index (χ4v) is 0.639. The maximum absolute atomic E-state index is 10.6. The van der Waals surface area contributed by atoms with E-state index in [1.54, 1.807) is 6.07 Å². The molecule has 4 nitrogen and oxygen atoms in total. The number of hydrogen-bond acceptors (Lipinski definition) is 3. The molecule has 0 amide bonds. The van der Waals surface area contributed by atoms with Crippen LogP contribution < -0.4 is 11.3 Å². The molecule has 0 unspecified atom stereocenters. The van der Waals surface area contributed by atoms with E-state index in [0.717, 1.165) is 0 Å². The predicted octanol–water partition coefficient (Wildman–Crippen LogP) is -0.530. The van der Waals surface area contributed by atoms with Crippen molar-refractivity contribution in [1.29, 1.82) is 0 Å². The van der Waals surface area contributed by atoms with Gasteiger partial charge in [-0.05, 0) is 12.0 Å². The van der Waals surface area contributed by atoms with E-state index in [9.17, 15) is 4.79 Å². The Kier molecular flexibility index (Phi) is 3.05. The van der Waals surface area contributed by atoms with Crippen LogP contribution in [0.3, 0.4) is 0 Å². The maximum atomic E-state index is 10.6. The third-order valence-corrected chi connectivity index (χ3v) is 1.16. The van der Waals surface area contributed by atoms with Crippen molar-refractivity contribution < 1.29 is 0 Å². The molecule has 0 saturated heterocycles. The van der Waals surface area contributed by atoms with E-state index in [1.807, 2.05) is 0 Å². The number of nitrogens with one attached hydrogen (secondary N) is 1. The Hall–Kier alpha value is -1.60. The second-order valence-electron chi connectivity index (χ2n) is 2.15. The van der Waals surface area contributed by atoms with Gasteiger partial charge in [-0.1, -0.05) is 5.92 Å². The number of nitrogens with two attached hydrogens (primary N) is 1. The van der Waals surface area contributed by atoms with Gasteiger partial charge in [-0.15, -0.1) is 0 Å². The molecule has 0 fully saturated rings. The monoisotopic (exact) mass is 163 g/mol. The summed E-state index contributed by atoms with van der Waals surface area (Å²) >= 11 is 0. The minimum atomic E-state index is -0.223. The Morgan fingerprint density at radius 2 is 2.42 bits per heavy atom. The molecule has 0 aliphatic carbocycles. The van der Waals surface area contributed by atoms with Gasteiger partial charge in [0.25, 0.3) is 5.56 Å². The van der Waals surface area contributed by atoms with Crippen molar-refractivity contribution in [2.24, 2.45) is 5.73 Å². The molecule has 12 heavy (non-hydrogen) atoms. The summed E-state index contributed by atoms with van der Waals surface area (Å²) in [7, 11) is 0. The van der Waals surface area contributed by atoms with Gasteiger partial charge >= 0.3 is 0 Å². The molecule has 1 aromatic rings. The molecule has 0 aliphatic heterocycles. The lowest BCUT2D eigenvalue weighted by Crippen LogP contribution is -2.05. The van der Waals surface area contributed by atoms with Crippen LogP contribution in [0.1, 0.15) is 12.1 Å². The number of aromatic amines is 1. The summed E-state index contributed by atoms with van der Waals surface area (Å²) in [6.07, 6.45) is 0.640. The molecule has 0 radical (unpaired) electrons. The summed E-state index contributed by atoms with van der Waals surface area (Å²) in [5.41, 5.74) is 5.57. The molecule has 0 aliphatic rings. The SMILES string of the molecule is NCCC#Cc1ccc(=O)[nH]n1. The molecule has 0 bridgehead atoms. The van der Waals surface area contributed by atoms with Gasteiger partial charge in [-0.2, -0.15) is 5.10 Å². The minimum absolute atomic E-state index is 0.223. The number of hydrogen-bond donors (Lipinski definition) is 2. The molecule has 0 aromatic carbocycles. The third-order valence-electron chi connectivity index (χ3n) is 1.16. The van der Waals surface area contributed by atoms with E-state index in [0.29, 0.717) is 18.7 Å². The predicted molar refractivity (Wildman–Crippen MR) is 45.4 cm³/mol. The summed E-state index contributed by atoms with van der Waals surface area (Å²) in [5.74, 6) is 5.57. The summed E-state index contributed by atoms with van der Waals surface area (Å²) < 4.78 is 0. The zero-order valence-electron chi connectivity index (χ0n) is 6.50. The number of aromatic nitrogens is 2. The van der Waals surface area contributed by atoms with Crippen molar-refractivity contribution in [2.75, 3.05) is 6.54 Å². The Bertz CT molecular complexity index is 338. The minimum Gasteiger partial charge on any atom is -0.330 e. The van der Waals surface area contributed by atoms with E-state index >= 15 is 0 Å². The lowest BCUT2D eigenvalue weighted by molar-refractivity contribution is 0.972. The van der Waals surface area contributed by atoms with Crippen LogP contribution in [0.2, 0.25) is 0 Å². The largest absolute Gasteiger partial charge is 0.330 e. The Balaban J connectivity index is 2.72. The van der Waals surface area contributed by atoms with Crippen molar-refractivity contribution >= 4 is 0 Å². The lowest BCUT2D eigenvalue weighted by Gasteiger charge is -1.85. The van der Waals surface area contributed by atoms with Gasteiger partial charge in [-0.25, -0.2) is 5.10 Å². The normalized spacial score (nSPS) is 8.75. The Morgan fingerprint density at radius 1 is 1.58 bits per heavy atom. The molecular weight excluding hydrogens is 154 g/mol. The van der Waals surface area contributed by atoms with Crippen LogP contribution >= 0.6 is 0 Å². The number of rotatable bonds is 1. The first kappa shape index (κ1) is 8.50. The van der Waals surface area contributed by atoms with E-state index in [4.69, 9.17) is 5.73 Å². The fraction of sp³-hybridized carbons (Fsp3) is 0.250. The van der Waals surface area contributed by atoms with Crippen LogP contribution in [0.5, 0.6) is 0 Å². The van der Waals surface area contributed by atoms with Crippen LogP contribution in [0.15, 0.2) is 16.9 Å². The average molecular weight is 163 g/mol. The highest BCUT2D eigenvalue weighted by atomic mass is 16.1. The number of nitrogens with zero attached hydrogens (tertiary/aromatic N) is 1. The standard InChI is InChI=1S/C8H9N3O/c9-6-2-1-3-7-4-5-8(12)11-10-7/h4-5H,2,6,9H2,(H,11,12).